The maximum atomic E-state index is 12.3. The second-order valence-electron chi connectivity index (χ2n) is 7.24. The summed E-state index contributed by atoms with van der Waals surface area (Å²) in [6.45, 7) is 1.19. The Morgan fingerprint density at radius 2 is 1.83 bits per heavy atom. The minimum absolute atomic E-state index is 0.240. The molecule has 2 aromatic carbocycles. The minimum Gasteiger partial charge on any atom is -0.418 e. The first kappa shape index (κ1) is 17.4. The topological polar surface area (TPSA) is 105 Å². The highest BCUT2D eigenvalue weighted by Gasteiger charge is 2.32. The molecule has 1 fully saturated rings. The van der Waals surface area contributed by atoms with Gasteiger partial charge in [-0.05, 0) is 37.1 Å². The Morgan fingerprint density at radius 1 is 1.10 bits per heavy atom. The summed E-state index contributed by atoms with van der Waals surface area (Å²) < 4.78 is 5.17. The van der Waals surface area contributed by atoms with Gasteiger partial charge in [-0.15, -0.1) is 0 Å². The Bertz CT molecular complexity index is 1250. The van der Waals surface area contributed by atoms with Crippen LogP contribution in [0.5, 0.6) is 0 Å². The molecule has 3 heterocycles. The summed E-state index contributed by atoms with van der Waals surface area (Å²) in [6, 6.07) is 14.9. The molecule has 0 bridgehead atoms. The highest BCUT2D eigenvalue weighted by Crippen LogP contribution is 2.37. The maximum Gasteiger partial charge on any atom is 0.417 e. The van der Waals surface area contributed by atoms with E-state index in [9.17, 15) is 14.9 Å². The van der Waals surface area contributed by atoms with Crippen LogP contribution in [-0.2, 0) is 0 Å². The van der Waals surface area contributed by atoms with E-state index in [4.69, 9.17) is 9.40 Å². The molecule has 5 rings (SSSR count). The maximum absolute atomic E-state index is 12.3. The van der Waals surface area contributed by atoms with Crippen LogP contribution in [0.2, 0.25) is 0 Å². The average Bonchev–Trinajstić information content (AvgIpc) is 3.17. The van der Waals surface area contributed by atoms with E-state index in [1.165, 1.54) is 0 Å². The molecular formula is C21H18N4O4. The molecule has 8 heteroatoms. The summed E-state index contributed by atoms with van der Waals surface area (Å²) in [5, 5.41) is 12.2. The fourth-order valence-electron chi connectivity index (χ4n) is 4.15. The summed E-state index contributed by atoms with van der Waals surface area (Å²) in [5.41, 5.74) is 1.25. The molecule has 0 saturated carbocycles. The van der Waals surface area contributed by atoms with Gasteiger partial charge in [-0.1, -0.05) is 24.3 Å². The van der Waals surface area contributed by atoms with Gasteiger partial charge in [0.15, 0.2) is 0 Å². The molecule has 0 amide bonds. The third kappa shape index (κ3) is 2.93. The van der Waals surface area contributed by atoms with Crippen LogP contribution < -0.4 is 10.5 Å². The molecule has 0 unspecified atom stereocenters. The van der Waals surface area contributed by atoms with Crippen molar-refractivity contribution in [2.45, 2.75) is 18.8 Å². The number of fused-ring (bicyclic) bond motifs is 2. The van der Waals surface area contributed by atoms with Crippen LogP contribution in [0.4, 0.5) is 11.4 Å². The van der Waals surface area contributed by atoms with E-state index in [0.717, 1.165) is 29.7 Å². The molecule has 0 atom stereocenters. The zero-order valence-corrected chi connectivity index (χ0v) is 15.5. The Hall–Kier alpha value is -3.68. The SMILES string of the molecule is O=c1oc2ccccc2c(N2CCC(c3nc4ccccc4[nH]3)CC2)c1[N+](=O)[O-]. The molecule has 1 N–H and O–H groups in total. The first-order valence-corrected chi connectivity index (χ1v) is 9.51. The molecule has 0 spiro atoms. The van der Waals surface area contributed by atoms with Crippen LogP contribution in [0.15, 0.2) is 57.7 Å². The lowest BCUT2D eigenvalue weighted by Crippen LogP contribution is -2.34. The first-order valence-electron chi connectivity index (χ1n) is 9.51. The van der Waals surface area contributed by atoms with Crippen molar-refractivity contribution in [1.29, 1.82) is 0 Å². The summed E-state index contributed by atoms with van der Waals surface area (Å²) in [7, 11) is 0. The number of aromatic amines is 1. The number of hydrogen-bond acceptors (Lipinski definition) is 6. The molecule has 1 aliphatic rings. The van der Waals surface area contributed by atoms with Gasteiger partial charge in [-0.25, -0.2) is 9.78 Å². The van der Waals surface area contributed by atoms with E-state index in [2.05, 4.69) is 4.98 Å². The summed E-state index contributed by atoms with van der Waals surface area (Å²) in [6.07, 6.45) is 1.57. The number of aromatic nitrogens is 2. The van der Waals surface area contributed by atoms with E-state index in [1.54, 1.807) is 24.3 Å². The van der Waals surface area contributed by atoms with Crippen LogP contribution in [-0.4, -0.2) is 28.0 Å². The molecule has 0 radical (unpaired) electrons. The van der Waals surface area contributed by atoms with Crippen molar-refractivity contribution >= 4 is 33.4 Å². The predicted octanol–water partition coefficient (Wildman–Crippen LogP) is 3.96. The number of piperidine rings is 1. The highest BCUT2D eigenvalue weighted by atomic mass is 16.6. The van der Waals surface area contributed by atoms with Gasteiger partial charge >= 0.3 is 11.3 Å². The van der Waals surface area contributed by atoms with E-state index < -0.39 is 16.2 Å². The summed E-state index contributed by atoms with van der Waals surface area (Å²) >= 11 is 0. The van der Waals surface area contributed by atoms with E-state index in [1.807, 2.05) is 29.2 Å². The first-order chi connectivity index (χ1) is 14.1. The molecule has 4 aromatic rings. The van der Waals surface area contributed by atoms with Crippen LogP contribution in [0.1, 0.15) is 24.6 Å². The fraction of sp³-hybridized carbons (Fsp3) is 0.238. The second kappa shape index (κ2) is 6.73. The number of H-pyrrole nitrogens is 1. The lowest BCUT2D eigenvalue weighted by molar-refractivity contribution is -0.386. The predicted molar refractivity (Wildman–Crippen MR) is 109 cm³/mol. The number of benzene rings is 2. The number of para-hydroxylation sites is 3. The van der Waals surface area contributed by atoms with Crippen molar-refractivity contribution in [3.63, 3.8) is 0 Å². The normalized spacial score (nSPS) is 15.2. The number of nitrogens with zero attached hydrogens (tertiary/aromatic N) is 3. The number of anilines is 1. The standard InChI is InChI=1S/C21H18N4O4/c26-21-19(25(27)28)18(14-5-1-4-8-17(14)29-21)24-11-9-13(10-12-24)20-22-15-6-2-3-7-16(15)23-20/h1-8,13H,9-12H2,(H,22,23). The van der Waals surface area contributed by atoms with Gasteiger partial charge in [0.25, 0.3) is 0 Å². The zero-order chi connectivity index (χ0) is 20.0. The Labute approximate surface area is 164 Å². The molecule has 0 aliphatic carbocycles. The number of imidazole rings is 1. The van der Waals surface area contributed by atoms with Crippen molar-refractivity contribution < 1.29 is 9.34 Å². The van der Waals surface area contributed by atoms with Gasteiger partial charge in [0.05, 0.1) is 16.0 Å². The number of rotatable bonds is 3. The quantitative estimate of drug-likeness (QED) is 0.322. The lowest BCUT2D eigenvalue weighted by atomic mass is 9.95. The monoisotopic (exact) mass is 390 g/mol. The lowest BCUT2D eigenvalue weighted by Gasteiger charge is -2.32. The molecule has 1 saturated heterocycles. The van der Waals surface area contributed by atoms with Gasteiger partial charge in [-0.2, -0.15) is 0 Å². The van der Waals surface area contributed by atoms with Crippen molar-refractivity contribution in [3.8, 4) is 0 Å². The molecule has 1 aliphatic heterocycles. The summed E-state index contributed by atoms with van der Waals surface area (Å²) in [4.78, 5) is 33.3. The molecule has 2 aromatic heterocycles. The second-order valence-corrected chi connectivity index (χ2v) is 7.24. The average molecular weight is 390 g/mol. The number of nitrogens with one attached hydrogen (secondary N) is 1. The largest absolute Gasteiger partial charge is 0.418 e. The minimum atomic E-state index is -0.914. The summed E-state index contributed by atoms with van der Waals surface area (Å²) in [5.74, 6) is 1.18. The molecule has 29 heavy (non-hydrogen) atoms. The third-order valence-electron chi connectivity index (χ3n) is 5.55. The van der Waals surface area contributed by atoms with Gasteiger partial charge < -0.3 is 14.3 Å². The van der Waals surface area contributed by atoms with Gasteiger partial charge in [0, 0.05) is 24.4 Å². The van der Waals surface area contributed by atoms with Crippen LogP contribution in [0.25, 0.3) is 22.0 Å². The molecular weight excluding hydrogens is 372 g/mol. The van der Waals surface area contributed by atoms with Crippen LogP contribution in [0.3, 0.4) is 0 Å². The van der Waals surface area contributed by atoms with Gasteiger partial charge in [-0.3, -0.25) is 10.1 Å². The molecule has 146 valence electrons. The Morgan fingerprint density at radius 3 is 2.59 bits per heavy atom. The number of hydrogen-bond donors (Lipinski definition) is 1. The van der Waals surface area contributed by atoms with Crippen molar-refractivity contribution in [3.05, 3.63) is 74.9 Å². The van der Waals surface area contributed by atoms with Crippen LogP contribution in [0, 0.1) is 10.1 Å². The van der Waals surface area contributed by atoms with Crippen molar-refractivity contribution in [1.82, 2.24) is 9.97 Å². The van der Waals surface area contributed by atoms with Gasteiger partial charge in [0.2, 0.25) is 0 Å². The third-order valence-corrected chi connectivity index (χ3v) is 5.55. The smallest absolute Gasteiger partial charge is 0.417 e. The number of nitro groups is 1. The van der Waals surface area contributed by atoms with E-state index in [-0.39, 0.29) is 5.92 Å². The highest BCUT2D eigenvalue weighted by molar-refractivity contribution is 5.95. The van der Waals surface area contributed by atoms with Crippen molar-refractivity contribution in [2.75, 3.05) is 18.0 Å². The van der Waals surface area contributed by atoms with Crippen molar-refractivity contribution in [2.24, 2.45) is 0 Å². The van der Waals surface area contributed by atoms with Crippen LogP contribution >= 0.6 is 0 Å². The Kier molecular flexibility index (Phi) is 4.04. The fourth-order valence-corrected chi connectivity index (χ4v) is 4.15. The Balaban J connectivity index is 1.49. The zero-order valence-electron chi connectivity index (χ0n) is 15.5. The van der Waals surface area contributed by atoms with Gasteiger partial charge in [0.1, 0.15) is 17.1 Å². The van der Waals surface area contributed by atoms with E-state index in [0.29, 0.717) is 29.7 Å². The molecule has 8 nitrogen and oxygen atoms in total. The van der Waals surface area contributed by atoms with E-state index >= 15 is 0 Å².